The maximum Gasteiger partial charge on any atom is 0.136 e. The monoisotopic (exact) mass is 269 g/mol. The fraction of sp³-hybridized carbons (Fsp3) is 0.400. The van der Waals surface area contributed by atoms with Crippen molar-refractivity contribution in [2.45, 2.75) is 25.2 Å². The van der Waals surface area contributed by atoms with Gasteiger partial charge in [0.05, 0.1) is 0 Å². The molecular formula is C15H19N5. The molecule has 1 fully saturated rings. The molecule has 2 heterocycles. The molecule has 0 spiro atoms. The molecule has 0 aromatic carbocycles. The van der Waals surface area contributed by atoms with Crippen molar-refractivity contribution in [2.75, 3.05) is 24.2 Å². The van der Waals surface area contributed by atoms with Gasteiger partial charge in [-0.05, 0) is 37.0 Å². The van der Waals surface area contributed by atoms with Crippen LogP contribution in [0.15, 0.2) is 30.6 Å². The second-order valence-corrected chi connectivity index (χ2v) is 5.31. The Kier molecular flexibility index (Phi) is 3.50. The van der Waals surface area contributed by atoms with Crippen molar-refractivity contribution >= 4 is 11.6 Å². The first-order valence-electron chi connectivity index (χ1n) is 6.97. The van der Waals surface area contributed by atoms with Gasteiger partial charge in [-0.15, -0.1) is 0 Å². The summed E-state index contributed by atoms with van der Waals surface area (Å²) in [4.78, 5) is 15.1. The standard InChI is InChI=1S/C15H19N5/c1-20(9-6-11-4-7-17-8-5-11)14-10-13(16)18-15(19-14)12-2-3-12/h4-5,7-8,10,12H,2-3,6,9H2,1H3,(H2,16,18,19). The average molecular weight is 269 g/mol. The Labute approximate surface area is 118 Å². The number of nitrogens with two attached hydrogens (primary N) is 1. The summed E-state index contributed by atoms with van der Waals surface area (Å²) < 4.78 is 0. The SMILES string of the molecule is CN(CCc1ccncc1)c1cc(N)nc(C2CC2)n1. The van der Waals surface area contributed by atoms with Gasteiger partial charge in [0.25, 0.3) is 0 Å². The predicted molar refractivity (Wildman–Crippen MR) is 79.6 cm³/mol. The van der Waals surface area contributed by atoms with E-state index >= 15 is 0 Å². The molecule has 20 heavy (non-hydrogen) atoms. The van der Waals surface area contributed by atoms with Crippen LogP contribution in [-0.2, 0) is 6.42 Å². The summed E-state index contributed by atoms with van der Waals surface area (Å²) in [6.45, 7) is 0.893. The van der Waals surface area contributed by atoms with Crippen LogP contribution in [0.25, 0.3) is 0 Å². The maximum absolute atomic E-state index is 5.88. The largest absolute Gasteiger partial charge is 0.384 e. The Morgan fingerprint density at radius 3 is 2.70 bits per heavy atom. The predicted octanol–water partition coefficient (Wildman–Crippen LogP) is 2.01. The molecule has 5 nitrogen and oxygen atoms in total. The smallest absolute Gasteiger partial charge is 0.136 e. The second kappa shape index (κ2) is 5.45. The zero-order valence-corrected chi connectivity index (χ0v) is 11.7. The van der Waals surface area contributed by atoms with Crippen LogP contribution in [0.5, 0.6) is 0 Å². The maximum atomic E-state index is 5.88. The summed E-state index contributed by atoms with van der Waals surface area (Å²) >= 11 is 0. The third-order valence-corrected chi connectivity index (χ3v) is 3.57. The normalized spacial score (nSPS) is 14.2. The molecule has 2 N–H and O–H groups in total. The molecule has 1 aliphatic rings. The number of hydrogen-bond donors (Lipinski definition) is 1. The Bertz CT molecular complexity index is 580. The van der Waals surface area contributed by atoms with E-state index in [4.69, 9.17) is 5.73 Å². The Hall–Kier alpha value is -2.17. The van der Waals surface area contributed by atoms with Gasteiger partial charge in [0.1, 0.15) is 17.5 Å². The molecule has 2 aromatic heterocycles. The molecule has 0 amide bonds. The zero-order chi connectivity index (χ0) is 13.9. The second-order valence-electron chi connectivity index (χ2n) is 5.31. The first-order valence-corrected chi connectivity index (χ1v) is 6.97. The molecule has 104 valence electrons. The number of aromatic nitrogens is 3. The molecule has 2 aromatic rings. The van der Waals surface area contributed by atoms with E-state index in [2.05, 4.69) is 19.9 Å². The molecule has 0 aliphatic heterocycles. The fourth-order valence-electron chi connectivity index (χ4n) is 2.15. The van der Waals surface area contributed by atoms with Gasteiger partial charge in [0.15, 0.2) is 0 Å². The summed E-state index contributed by atoms with van der Waals surface area (Å²) in [5.41, 5.74) is 7.16. The summed E-state index contributed by atoms with van der Waals surface area (Å²) in [5.74, 6) is 2.89. The lowest BCUT2D eigenvalue weighted by atomic mass is 10.2. The van der Waals surface area contributed by atoms with Gasteiger partial charge in [-0.2, -0.15) is 0 Å². The van der Waals surface area contributed by atoms with E-state index in [9.17, 15) is 0 Å². The van der Waals surface area contributed by atoms with Gasteiger partial charge in [-0.25, -0.2) is 9.97 Å². The van der Waals surface area contributed by atoms with E-state index in [1.807, 2.05) is 37.6 Å². The molecule has 0 bridgehead atoms. The third kappa shape index (κ3) is 3.04. The van der Waals surface area contributed by atoms with Crippen LogP contribution in [0.3, 0.4) is 0 Å². The Morgan fingerprint density at radius 2 is 2.00 bits per heavy atom. The van der Waals surface area contributed by atoms with Crippen LogP contribution in [0, 0.1) is 0 Å². The third-order valence-electron chi connectivity index (χ3n) is 3.57. The van der Waals surface area contributed by atoms with Gasteiger partial charge in [-0.1, -0.05) is 0 Å². The topological polar surface area (TPSA) is 67.9 Å². The van der Waals surface area contributed by atoms with E-state index in [-0.39, 0.29) is 0 Å². The summed E-state index contributed by atoms with van der Waals surface area (Å²) in [6, 6.07) is 5.92. The summed E-state index contributed by atoms with van der Waals surface area (Å²) in [6.07, 6.45) is 6.97. The van der Waals surface area contributed by atoms with E-state index in [0.29, 0.717) is 11.7 Å². The fourth-order valence-corrected chi connectivity index (χ4v) is 2.15. The van der Waals surface area contributed by atoms with Gasteiger partial charge in [-0.3, -0.25) is 4.98 Å². The number of rotatable bonds is 5. The van der Waals surface area contributed by atoms with Crippen molar-refractivity contribution in [2.24, 2.45) is 0 Å². The zero-order valence-electron chi connectivity index (χ0n) is 11.7. The molecule has 0 unspecified atom stereocenters. The highest BCUT2D eigenvalue weighted by Gasteiger charge is 2.27. The van der Waals surface area contributed by atoms with Gasteiger partial charge in [0, 0.05) is 38.0 Å². The first-order chi connectivity index (χ1) is 9.72. The molecule has 5 heteroatoms. The molecule has 0 radical (unpaired) electrons. The highest BCUT2D eigenvalue weighted by Crippen LogP contribution is 2.38. The van der Waals surface area contributed by atoms with Gasteiger partial charge in [0.2, 0.25) is 0 Å². The number of anilines is 2. The molecular weight excluding hydrogens is 250 g/mol. The lowest BCUT2D eigenvalue weighted by Crippen LogP contribution is -2.22. The minimum Gasteiger partial charge on any atom is -0.384 e. The number of likely N-dealkylation sites (N-methyl/N-ethyl adjacent to an activating group) is 1. The average Bonchev–Trinajstić information content (AvgIpc) is 3.30. The van der Waals surface area contributed by atoms with Crippen LogP contribution in [0.2, 0.25) is 0 Å². The lowest BCUT2D eigenvalue weighted by Gasteiger charge is -2.19. The lowest BCUT2D eigenvalue weighted by molar-refractivity contribution is 0.835. The molecule has 0 saturated heterocycles. The van der Waals surface area contributed by atoms with Crippen molar-refractivity contribution in [3.05, 3.63) is 42.0 Å². The van der Waals surface area contributed by atoms with E-state index in [1.54, 1.807) is 0 Å². The van der Waals surface area contributed by atoms with Crippen molar-refractivity contribution in [3.63, 3.8) is 0 Å². The van der Waals surface area contributed by atoms with E-state index in [0.717, 1.165) is 24.6 Å². The first kappa shape index (κ1) is 12.8. The van der Waals surface area contributed by atoms with E-state index in [1.165, 1.54) is 18.4 Å². The summed E-state index contributed by atoms with van der Waals surface area (Å²) in [5, 5.41) is 0. The number of hydrogen-bond acceptors (Lipinski definition) is 5. The van der Waals surface area contributed by atoms with Crippen LogP contribution in [0.4, 0.5) is 11.6 Å². The molecule has 0 atom stereocenters. The van der Waals surface area contributed by atoms with Gasteiger partial charge < -0.3 is 10.6 Å². The van der Waals surface area contributed by atoms with Crippen molar-refractivity contribution in [1.29, 1.82) is 0 Å². The Balaban J connectivity index is 1.68. The molecule has 3 rings (SSSR count). The minimum atomic E-state index is 0.519. The van der Waals surface area contributed by atoms with E-state index < -0.39 is 0 Å². The quantitative estimate of drug-likeness (QED) is 0.899. The molecule has 1 aliphatic carbocycles. The minimum absolute atomic E-state index is 0.519. The Morgan fingerprint density at radius 1 is 1.25 bits per heavy atom. The highest BCUT2D eigenvalue weighted by atomic mass is 15.2. The van der Waals surface area contributed by atoms with Crippen molar-refractivity contribution < 1.29 is 0 Å². The van der Waals surface area contributed by atoms with Crippen LogP contribution in [-0.4, -0.2) is 28.5 Å². The number of pyridine rings is 1. The number of nitrogens with zero attached hydrogens (tertiary/aromatic N) is 4. The summed E-state index contributed by atoms with van der Waals surface area (Å²) in [7, 11) is 2.04. The van der Waals surface area contributed by atoms with Crippen LogP contribution >= 0.6 is 0 Å². The van der Waals surface area contributed by atoms with Crippen LogP contribution in [0.1, 0.15) is 30.1 Å². The molecule has 1 saturated carbocycles. The van der Waals surface area contributed by atoms with Gasteiger partial charge >= 0.3 is 0 Å². The van der Waals surface area contributed by atoms with Crippen molar-refractivity contribution in [3.8, 4) is 0 Å². The highest BCUT2D eigenvalue weighted by molar-refractivity contribution is 5.47. The number of nitrogen functional groups attached to an aromatic ring is 1. The van der Waals surface area contributed by atoms with Crippen LogP contribution < -0.4 is 10.6 Å². The van der Waals surface area contributed by atoms with Crippen molar-refractivity contribution in [1.82, 2.24) is 15.0 Å².